The topological polar surface area (TPSA) is 113 Å². The van der Waals surface area contributed by atoms with E-state index in [2.05, 4.69) is 15.7 Å². The first-order chi connectivity index (χ1) is 10.9. The van der Waals surface area contributed by atoms with Gasteiger partial charge in [-0.1, -0.05) is 6.92 Å². The van der Waals surface area contributed by atoms with Gasteiger partial charge in [-0.05, 0) is 6.42 Å². The van der Waals surface area contributed by atoms with Crippen LogP contribution in [0.25, 0.3) is 0 Å². The first-order valence-electron chi connectivity index (χ1n) is 7.45. The highest BCUT2D eigenvalue weighted by molar-refractivity contribution is 7.91. The van der Waals surface area contributed by atoms with Crippen molar-refractivity contribution < 1.29 is 18.0 Å². The molecule has 1 aliphatic heterocycles. The van der Waals surface area contributed by atoms with E-state index in [9.17, 15) is 18.0 Å². The van der Waals surface area contributed by atoms with Crippen LogP contribution in [0.1, 0.15) is 13.3 Å². The molecule has 0 aromatic carbocycles. The largest absolute Gasteiger partial charge is 0.338 e. The summed E-state index contributed by atoms with van der Waals surface area (Å²) >= 11 is 0. The van der Waals surface area contributed by atoms with Gasteiger partial charge in [0.25, 0.3) is 0 Å². The van der Waals surface area contributed by atoms with Crippen LogP contribution in [0, 0.1) is 0 Å². The number of nitrogens with one attached hydrogen (secondary N) is 2. The van der Waals surface area contributed by atoms with Gasteiger partial charge in [-0.3, -0.25) is 9.48 Å². The number of carbonyl (C=O) groups is 2. The fraction of sp³-hybridized carbons (Fsp3) is 0.615. The van der Waals surface area contributed by atoms with E-state index in [4.69, 9.17) is 0 Å². The summed E-state index contributed by atoms with van der Waals surface area (Å²) in [4.78, 5) is 24.9. The maximum absolute atomic E-state index is 11.9. The van der Waals surface area contributed by atoms with E-state index in [0.717, 1.165) is 6.42 Å². The highest BCUT2D eigenvalue weighted by atomic mass is 32.2. The van der Waals surface area contributed by atoms with Gasteiger partial charge < -0.3 is 15.5 Å². The molecule has 3 amide bonds. The van der Waals surface area contributed by atoms with Gasteiger partial charge in [-0.25, -0.2) is 13.2 Å². The maximum Gasteiger partial charge on any atom is 0.317 e. The first kappa shape index (κ1) is 17.3. The van der Waals surface area contributed by atoms with E-state index < -0.39 is 9.84 Å². The van der Waals surface area contributed by atoms with Gasteiger partial charge in [-0.2, -0.15) is 5.10 Å². The number of amides is 3. The number of carbonyl (C=O) groups excluding carboxylic acids is 2. The molecule has 0 aliphatic carbocycles. The van der Waals surface area contributed by atoms with Crippen molar-refractivity contribution in [2.45, 2.75) is 19.9 Å². The van der Waals surface area contributed by atoms with Crippen LogP contribution in [0.5, 0.6) is 0 Å². The van der Waals surface area contributed by atoms with Crippen molar-refractivity contribution in [2.24, 2.45) is 0 Å². The van der Waals surface area contributed by atoms with Crippen molar-refractivity contribution >= 4 is 27.5 Å². The number of urea groups is 1. The van der Waals surface area contributed by atoms with Crippen LogP contribution < -0.4 is 10.6 Å². The molecule has 1 fully saturated rings. The quantitative estimate of drug-likeness (QED) is 0.704. The second kappa shape index (κ2) is 7.44. The summed E-state index contributed by atoms with van der Waals surface area (Å²) in [6, 6.07) is -0.244. The third-order valence-corrected chi connectivity index (χ3v) is 5.18. The Morgan fingerprint density at radius 3 is 2.96 bits per heavy atom. The average molecular weight is 343 g/mol. The molecule has 0 unspecified atom stereocenters. The van der Waals surface area contributed by atoms with Crippen molar-refractivity contribution in [3.8, 4) is 0 Å². The van der Waals surface area contributed by atoms with Crippen LogP contribution in [-0.2, 0) is 21.2 Å². The molecule has 1 aromatic rings. The minimum atomic E-state index is -3.06. The minimum absolute atomic E-state index is 0.00646. The van der Waals surface area contributed by atoms with Gasteiger partial charge in [0.05, 0.1) is 24.2 Å². The molecule has 0 bridgehead atoms. The van der Waals surface area contributed by atoms with E-state index in [1.54, 1.807) is 13.1 Å². The van der Waals surface area contributed by atoms with Crippen molar-refractivity contribution in [2.75, 3.05) is 36.5 Å². The molecule has 1 aromatic heterocycles. The van der Waals surface area contributed by atoms with Crippen molar-refractivity contribution in [3.05, 3.63) is 12.4 Å². The van der Waals surface area contributed by atoms with Crippen molar-refractivity contribution in [3.63, 3.8) is 0 Å². The second-order valence-corrected chi connectivity index (χ2v) is 7.76. The van der Waals surface area contributed by atoms with E-state index >= 15 is 0 Å². The molecule has 10 heteroatoms. The standard InChI is InChI=1S/C13H21N5O4S/c1-2-23(21,22)7-6-18-9-11(8-15-18)16-12(19)10-17-5-3-4-14-13(17)20/h8-9H,2-7,10H2,1H3,(H,14,20)(H,16,19). The number of hydrogen-bond acceptors (Lipinski definition) is 5. The van der Waals surface area contributed by atoms with Crippen LogP contribution in [0.15, 0.2) is 12.4 Å². The zero-order chi connectivity index (χ0) is 16.9. The molecule has 0 spiro atoms. The zero-order valence-corrected chi connectivity index (χ0v) is 13.8. The van der Waals surface area contributed by atoms with Crippen molar-refractivity contribution in [1.82, 2.24) is 20.0 Å². The van der Waals surface area contributed by atoms with E-state index in [-0.39, 0.29) is 36.5 Å². The maximum atomic E-state index is 11.9. The Kier molecular flexibility index (Phi) is 5.59. The molecular weight excluding hydrogens is 322 g/mol. The van der Waals surface area contributed by atoms with Gasteiger partial charge in [-0.15, -0.1) is 0 Å². The lowest BCUT2D eigenvalue weighted by atomic mass is 10.3. The van der Waals surface area contributed by atoms with Crippen molar-refractivity contribution in [1.29, 1.82) is 0 Å². The highest BCUT2D eigenvalue weighted by Gasteiger charge is 2.20. The Morgan fingerprint density at radius 1 is 1.48 bits per heavy atom. The third kappa shape index (κ3) is 5.23. The zero-order valence-electron chi connectivity index (χ0n) is 13.0. The number of sulfone groups is 1. The lowest BCUT2D eigenvalue weighted by Crippen LogP contribution is -2.49. The van der Waals surface area contributed by atoms with Gasteiger partial charge in [0.15, 0.2) is 9.84 Å². The lowest BCUT2D eigenvalue weighted by molar-refractivity contribution is -0.116. The van der Waals surface area contributed by atoms with Gasteiger partial charge in [0, 0.05) is 25.0 Å². The number of aryl methyl sites for hydroxylation is 1. The number of hydrogen-bond donors (Lipinski definition) is 2. The van der Waals surface area contributed by atoms with E-state index in [1.165, 1.54) is 15.8 Å². The molecule has 0 saturated carbocycles. The summed E-state index contributed by atoms with van der Waals surface area (Å²) in [6.45, 7) is 2.99. The predicted octanol–water partition coefficient (Wildman–Crippen LogP) is -0.328. The molecule has 0 atom stereocenters. The molecule has 128 valence electrons. The number of anilines is 1. The Morgan fingerprint density at radius 2 is 2.26 bits per heavy atom. The summed E-state index contributed by atoms with van der Waals surface area (Å²) in [6.07, 6.45) is 3.83. The highest BCUT2D eigenvalue weighted by Crippen LogP contribution is 2.06. The third-order valence-electron chi connectivity index (χ3n) is 3.49. The fourth-order valence-electron chi connectivity index (χ4n) is 2.13. The smallest absolute Gasteiger partial charge is 0.317 e. The summed E-state index contributed by atoms with van der Waals surface area (Å²) < 4.78 is 24.4. The van der Waals surface area contributed by atoms with Gasteiger partial charge in [0.1, 0.15) is 6.54 Å². The minimum Gasteiger partial charge on any atom is -0.338 e. The average Bonchev–Trinajstić information content (AvgIpc) is 2.95. The van der Waals surface area contributed by atoms with Crippen LogP contribution >= 0.6 is 0 Å². The van der Waals surface area contributed by atoms with Gasteiger partial charge in [0.2, 0.25) is 5.91 Å². The Bertz CT molecular complexity index is 670. The SMILES string of the molecule is CCS(=O)(=O)CCn1cc(NC(=O)CN2CCCNC2=O)cn1. The summed E-state index contributed by atoms with van der Waals surface area (Å²) in [5.74, 6) is -0.217. The second-order valence-electron chi connectivity index (χ2n) is 5.28. The van der Waals surface area contributed by atoms with E-state index in [0.29, 0.717) is 18.8 Å². The number of rotatable bonds is 7. The molecule has 9 nitrogen and oxygen atoms in total. The Hall–Kier alpha value is -2.10. The molecule has 1 aliphatic rings. The van der Waals surface area contributed by atoms with Gasteiger partial charge >= 0.3 is 6.03 Å². The molecule has 2 heterocycles. The molecular formula is C13H21N5O4S. The summed E-state index contributed by atoms with van der Waals surface area (Å²) in [5, 5.41) is 9.34. The monoisotopic (exact) mass is 343 g/mol. The summed E-state index contributed by atoms with van der Waals surface area (Å²) in [5.41, 5.74) is 0.473. The first-order valence-corrected chi connectivity index (χ1v) is 9.27. The fourth-order valence-corrected chi connectivity index (χ4v) is 2.88. The van der Waals surface area contributed by atoms with Crippen LogP contribution in [0.4, 0.5) is 10.5 Å². The molecule has 0 radical (unpaired) electrons. The van der Waals surface area contributed by atoms with Crippen LogP contribution in [0.3, 0.4) is 0 Å². The molecule has 1 saturated heterocycles. The number of aromatic nitrogens is 2. The Balaban J connectivity index is 1.83. The molecule has 2 rings (SSSR count). The summed E-state index contributed by atoms with van der Waals surface area (Å²) in [7, 11) is -3.06. The molecule has 23 heavy (non-hydrogen) atoms. The number of nitrogens with zero attached hydrogens (tertiary/aromatic N) is 3. The predicted molar refractivity (Wildman–Crippen MR) is 84.8 cm³/mol. The molecule has 2 N–H and O–H groups in total. The Labute approximate surface area is 134 Å². The van der Waals surface area contributed by atoms with Crippen LogP contribution in [-0.4, -0.2) is 66.2 Å². The van der Waals surface area contributed by atoms with Crippen LogP contribution in [0.2, 0.25) is 0 Å². The van der Waals surface area contributed by atoms with E-state index in [1.807, 2.05) is 0 Å². The lowest BCUT2D eigenvalue weighted by Gasteiger charge is -2.26. The normalized spacial score (nSPS) is 15.3.